The summed E-state index contributed by atoms with van der Waals surface area (Å²) in [5, 5.41) is 14.9. The highest BCUT2D eigenvalue weighted by molar-refractivity contribution is 8.05. The molecule has 1 N–H and O–H groups in total. The number of nitrogens with one attached hydrogen (secondary N) is 1. The minimum Gasteiger partial charge on any atom is -0.377 e. The van der Waals surface area contributed by atoms with Gasteiger partial charge in [0.25, 0.3) is 0 Å². The summed E-state index contributed by atoms with van der Waals surface area (Å²) in [5.41, 5.74) is 2.35. The molecule has 0 bridgehead atoms. The summed E-state index contributed by atoms with van der Waals surface area (Å²) >= 11 is 7.00. The average Bonchev–Trinajstić information content (AvgIpc) is 2.72. The minimum atomic E-state index is -0.612. The zero-order chi connectivity index (χ0) is 19.1. The van der Waals surface area contributed by atoms with Crippen LogP contribution in [-0.2, 0) is 0 Å². The normalized spacial score (nSPS) is 12.6. The summed E-state index contributed by atoms with van der Waals surface area (Å²) in [6, 6.07) is 25.7. The van der Waals surface area contributed by atoms with Crippen molar-refractivity contribution in [3.63, 3.8) is 0 Å². The Morgan fingerprint density at radius 3 is 2.11 bits per heavy atom. The number of benzene rings is 3. The largest absolute Gasteiger partial charge is 0.377 e. The molecular formula is C22H17ClN2OS. The molecule has 0 spiro atoms. The van der Waals surface area contributed by atoms with E-state index in [1.165, 1.54) is 0 Å². The van der Waals surface area contributed by atoms with E-state index in [0.29, 0.717) is 10.6 Å². The number of hydrogen-bond donors (Lipinski definition) is 1. The van der Waals surface area contributed by atoms with Crippen molar-refractivity contribution in [2.45, 2.75) is 11.3 Å². The first kappa shape index (κ1) is 19.0. The van der Waals surface area contributed by atoms with Crippen molar-refractivity contribution in [2.75, 3.05) is 5.32 Å². The maximum atomic E-state index is 13.2. The molecule has 5 heteroatoms. The Labute approximate surface area is 168 Å². The molecule has 0 aliphatic rings. The summed E-state index contributed by atoms with van der Waals surface area (Å²) in [6.07, 6.45) is 0. The molecule has 0 radical (unpaired) electrons. The van der Waals surface area contributed by atoms with Crippen LogP contribution < -0.4 is 5.32 Å². The van der Waals surface area contributed by atoms with Crippen molar-refractivity contribution in [1.82, 2.24) is 0 Å². The van der Waals surface area contributed by atoms with Crippen molar-refractivity contribution in [3.8, 4) is 5.40 Å². The summed E-state index contributed by atoms with van der Waals surface area (Å²) in [6.45, 7) is 0. The Morgan fingerprint density at radius 2 is 1.52 bits per heavy atom. The SMILES string of the molecule is N#CSC(C(=O)c1ccccc1)C(Nc1ccccc1)c1ccc(Cl)cc1. The van der Waals surface area contributed by atoms with Gasteiger partial charge in [-0.3, -0.25) is 4.79 Å². The molecule has 3 aromatic carbocycles. The Bertz CT molecular complexity index is 924. The number of para-hydroxylation sites is 1. The van der Waals surface area contributed by atoms with Crippen molar-refractivity contribution in [2.24, 2.45) is 0 Å². The van der Waals surface area contributed by atoms with Crippen LogP contribution in [0.25, 0.3) is 0 Å². The second-order valence-electron chi connectivity index (χ2n) is 5.90. The molecule has 0 aliphatic heterocycles. The van der Waals surface area contributed by atoms with Crippen LogP contribution in [0.1, 0.15) is 22.0 Å². The van der Waals surface area contributed by atoms with Gasteiger partial charge >= 0.3 is 0 Å². The standard InChI is InChI=1S/C22H17ClN2OS/c23-18-13-11-16(12-14-18)20(25-19-9-5-2-6-10-19)22(27-15-24)21(26)17-7-3-1-4-8-17/h1-14,20,22,25H. The molecule has 3 rings (SSSR count). The molecule has 3 aromatic rings. The monoisotopic (exact) mass is 392 g/mol. The molecular weight excluding hydrogens is 376 g/mol. The Kier molecular flexibility index (Phi) is 6.54. The number of halogens is 1. The number of carbonyl (C=O) groups excluding carboxylic acids is 1. The van der Waals surface area contributed by atoms with Crippen LogP contribution in [0.2, 0.25) is 5.02 Å². The number of rotatable bonds is 7. The lowest BCUT2D eigenvalue weighted by atomic mass is 9.97. The third-order valence-electron chi connectivity index (χ3n) is 4.12. The molecule has 0 saturated carbocycles. The number of anilines is 1. The number of thiocyanates is 1. The number of ketones is 1. The van der Waals surface area contributed by atoms with Crippen LogP contribution in [0.3, 0.4) is 0 Å². The fourth-order valence-corrected chi connectivity index (χ4v) is 3.66. The number of nitrogens with zero attached hydrogens (tertiary/aromatic N) is 1. The van der Waals surface area contributed by atoms with E-state index in [0.717, 1.165) is 23.0 Å². The first-order valence-electron chi connectivity index (χ1n) is 8.40. The average molecular weight is 393 g/mol. The van der Waals surface area contributed by atoms with Gasteiger partial charge in [0.2, 0.25) is 0 Å². The third-order valence-corrected chi connectivity index (χ3v) is 5.22. The fourth-order valence-electron chi connectivity index (χ4n) is 2.81. The van der Waals surface area contributed by atoms with E-state index >= 15 is 0 Å². The Morgan fingerprint density at radius 1 is 0.926 bits per heavy atom. The van der Waals surface area contributed by atoms with Gasteiger partial charge in [0.15, 0.2) is 5.78 Å². The molecule has 0 heterocycles. The summed E-state index contributed by atoms with van der Waals surface area (Å²) in [7, 11) is 0. The molecule has 0 amide bonds. The predicted octanol–water partition coefficient (Wildman–Crippen LogP) is 5.96. The van der Waals surface area contributed by atoms with Crippen LogP contribution in [0.5, 0.6) is 0 Å². The van der Waals surface area contributed by atoms with Crippen LogP contribution in [0.15, 0.2) is 84.9 Å². The maximum absolute atomic E-state index is 13.2. The molecule has 0 aromatic heterocycles. The molecule has 2 atom stereocenters. The third kappa shape index (κ3) is 4.91. The highest BCUT2D eigenvalue weighted by Gasteiger charge is 2.31. The lowest BCUT2D eigenvalue weighted by Crippen LogP contribution is -2.30. The van der Waals surface area contributed by atoms with Gasteiger partial charge in [-0.2, -0.15) is 5.26 Å². The molecule has 0 fully saturated rings. The Balaban J connectivity index is 2.01. The van der Waals surface area contributed by atoms with Gasteiger partial charge in [-0.1, -0.05) is 72.3 Å². The van der Waals surface area contributed by atoms with E-state index < -0.39 is 5.25 Å². The Hall–Kier alpha value is -2.74. The van der Waals surface area contributed by atoms with Crippen LogP contribution in [0.4, 0.5) is 5.69 Å². The zero-order valence-corrected chi connectivity index (χ0v) is 16.0. The number of Topliss-reactive ketones (excluding diaryl/α,β-unsaturated/α-hetero) is 1. The molecule has 3 nitrogen and oxygen atoms in total. The smallest absolute Gasteiger partial charge is 0.179 e. The quantitative estimate of drug-likeness (QED) is 0.398. The minimum absolute atomic E-state index is 0.0921. The van der Waals surface area contributed by atoms with Crippen molar-refractivity contribution < 1.29 is 4.79 Å². The van der Waals surface area contributed by atoms with Crippen LogP contribution in [0, 0.1) is 10.7 Å². The van der Waals surface area contributed by atoms with Gasteiger partial charge < -0.3 is 5.32 Å². The molecule has 0 aliphatic carbocycles. The number of thioether (sulfide) groups is 1. The highest BCUT2D eigenvalue weighted by atomic mass is 35.5. The zero-order valence-electron chi connectivity index (χ0n) is 14.4. The van der Waals surface area contributed by atoms with Gasteiger partial charge in [0.05, 0.1) is 6.04 Å². The molecule has 27 heavy (non-hydrogen) atoms. The van der Waals surface area contributed by atoms with Gasteiger partial charge in [0, 0.05) is 16.3 Å². The van der Waals surface area contributed by atoms with Gasteiger partial charge in [-0.15, -0.1) is 0 Å². The summed E-state index contributed by atoms with van der Waals surface area (Å²) in [5.74, 6) is -0.0921. The van der Waals surface area contributed by atoms with E-state index in [2.05, 4.69) is 10.7 Å². The van der Waals surface area contributed by atoms with E-state index in [4.69, 9.17) is 11.6 Å². The second-order valence-corrected chi connectivity index (χ2v) is 7.26. The topological polar surface area (TPSA) is 52.9 Å². The molecule has 2 unspecified atom stereocenters. The molecule has 0 saturated heterocycles. The van der Waals surface area contributed by atoms with Gasteiger partial charge in [-0.25, -0.2) is 0 Å². The van der Waals surface area contributed by atoms with Crippen molar-refractivity contribution in [3.05, 3.63) is 101 Å². The summed E-state index contributed by atoms with van der Waals surface area (Å²) < 4.78 is 0. The van der Waals surface area contributed by atoms with E-state index in [1.54, 1.807) is 24.3 Å². The number of carbonyl (C=O) groups is 1. The lowest BCUT2D eigenvalue weighted by molar-refractivity contribution is 0.0983. The van der Waals surface area contributed by atoms with Crippen molar-refractivity contribution >= 4 is 34.8 Å². The summed E-state index contributed by atoms with van der Waals surface area (Å²) in [4.78, 5) is 13.2. The number of nitriles is 1. The van der Waals surface area contributed by atoms with Gasteiger partial charge in [-0.05, 0) is 41.6 Å². The maximum Gasteiger partial charge on any atom is 0.179 e. The van der Waals surface area contributed by atoms with E-state index in [9.17, 15) is 10.1 Å². The van der Waals surface area contributed by atoms with E-state index in [-0.39, 0.29) is 11.8 Å². The molecule has 134 valence electrons. The highest BCUT2D eigenvalue weighted by Crippen LogP contribution is 2.33. The lowest BCUT2D eigenvalue weighted by Gasteiger charge is -2.26. The predicted molar refractivity (Wildman–Crippen MR) is 112 cm³/mol. The first-order valence-corrected chi connectivity index (χ1v) is 9.66. The second kappa shape index (κ2) is 9.27. The van der Waals surface area contributed by atoms with Gasteiger partial charge in [0.1, 0.15) is 10.7 Å². The number of hydrogen-bond acceptors (Lipinski definition) is 4. The first-order chi connectivity index (χ1) is 13.2. The fraction of sp³-hybridized carbons (Fsp3) is 0.0909. The van der Waals surface area contributed by atoms with E-state index in [1.807, 2.05) is 60.7 Å². The van der Waals surface area contributed by atoms with Crippen LogP contribution >= 0.6 is 23.4 Å². The van der Waals surface area contributed by atoms with Crippen LogP contribution in [-0.4, -0.2) is 11.0 Å². The van der Waals surface area contributed by atoms with Crippen molar-refractivity contribution in [1.29, 1.82) is 5.26 Å².